The first-order chi connectivity index (χ1) is 16.4. The Morgan fingerprint density at radius 2 is 0.941 bits per heavy atom. The van der Waals surface area contributed by atoms with E-state index in [9.17, 15) is 4.79 Å². The fourth-order valence-corrected chi connectivity index (χ4v) is 13.5. The van der Waals surface area contributed by atoms with E-state index in [0.29, 0.717) is 6.61 Å². The molecule has 0 atom stereocenters. The number of carbonyl (C=O) groups is 1. The number of rotatable bonds is 26. The van der Waals surface area contributed by atoms with E-state index < -0.39 is 5.31 Å². The van der Waals surface area contributed by atoms with Gasteiger partial charge in [0.25, 0.3) is 0 Å². The Hall–Kier alpha value is 0.120. The molecule has 0 aromatic carbocycles. The number of carbonyl (C=O) groups excluding carboxylic acids is 1. The first kappa shape index (κ1) is 34.1. The summed E-state index contributed by atoms with van der Waals surface area (Å²) in [6.07, 6.45) is 32.3. The van der Waals surface area contributed by atoms with Crippen molar-refractivity contribution in [3.05, 3.63) is 12.7 Å². The van der Waals surface area contributed by atoms with E-state index in [2.05, 4.69) is 42.8 Å². The van der Waals surface area contributed by atoms with E-state index in [4.69, 9.17) is 4.74 Å². The van der Waals surface area contributed by atoms with Crippen molar-refractivity contribution in [1.29, 1.82) is 0 Å². The molecule has 0 radical (unpaired) electrons. The monoisotopic (exact) mass is 562 g/mol. The predicted molar refractivity (Wildman–Crippen MR) is 161 cm³/mol. The molecule has 4 heteroatoms. The molecule has 0 N–H and O–H groups in total. The number of hydrogen-bond donors (Lipinski definition) is 0. The van der Waals surface area contributed by atoms with Gasteiger partial charge in [-0.3, -0.25) is 0 Å². The van der Waals surface area contributed by atoms with Crippen molar-refractivity contribution < 1.29 is 9.53 Å². The Kier molecular flexibility index (Phi) is 22.4. The van der Waals surface area contributed by atoms with E-state index in [1.54, 1.807) is 0 Å². The van der Waals surface area contributed by atoms with Crippen LogP contribution in [0.25, 0.3) is 0 Å². The molecule has 0 spiro atoms. The fraction of sp³-hybridized carbons (Fsp3) is 0.900. The second-order valence-corrected chi connectivity index (χ2v) is 22.2. The molecule has 0 unspecified atom stereocenters. The first-order valence-corrected chi connectivity index (χ1v) is 19.9. The van der Waals surface area contributed by atoms with Crippen LogP contribution in [0.15, 0.2) is 12.7 Å². The Morgan fingerprint density at radius 1 is 0.618 bits per heavy atom. The van der Waals surface area contributed by atoms with Crippen molar-refractivity contribution in [2.24, 2.45) is 0 Å². The van der Waals surface area contributed by atoms with Gasteiger partial charge in [-0.05, 0) is 0 Å². The van der Waals surface area contributed by atoms with Crippen LogP contribution in [0, 0.1) is 0 Å². The Morgan fingerprint density at radius 3 is 1.29 bits per heavy atom. The molecule has 0 saturated carbocycles. The molecule has 0 amide bonds. The van der Waals surface area contributed by atoms with Gasteiger partial charge in [0, 0.05) is 0 Å². The third kappa shape index (κ3) is 18.4. The molecule has 0 aromatic rings. The number of halogens is 1. The molecule has 0 heterocycles. The summed E-state index contributed by atoms with van der Waals surface area (Å²) in [7, 11) is 0. The van der Waals surface area contributed by atoms with Crippen LogP contribution in [-0.4, -0.2) is 37.2 Å². The van der Waals surface area contributed by atoms with E-state index in [1.807, 2.05) is 0 Å². The molecule has 204 valence electrons. The molecule has 2 nitrogen and oxygen atoms in total. The van der Waals surface area contributed by atoms with Crippen molar-refractivity contribution in [2.75, 3.05) is 31.3 Å². The van der Waals surface area contributed by atoms with Gasteiger partial charge >= 0.3 is 223 Å². The maximum absolute atomic E-state index is 11.6. The van der Waals surface area contributed by atoms with E-state index in [-0.39, 0.29) is 5.97 Å². The Balaban J connectivity index is 5.10. The molecule has 0 aliphatic rings. The van der Waals surface area contributed by atoms with Gasteiger partial charge in [0.2, 0.25) is 0 Å². The van der Waals surface area contributed by atoms with Crippen molar-refractivity contribution in [3.8, 4) is 0 Å². The van der Waals surface area contributed by atoms with E-state index in [0.717, 1.165) is 6.42 Å². The molecule has 0 bridgehead atoms. The number of unbranched alkanes of at least 4 members (excludes halogenated alkanes) is 15. The summed E-state index contributed by atoms with van der Waals surface area (Å²) in [6.45, 7) is 11.0. The van der Waals surface area contributed by atoms with Gasteiger partial charge in [-0.25, -0.2) is 0 Å². The minimum absolute atomic E-state index is 0.280. The summed E-state index contributed by atoms with van der Waals surface area (Å²) in [5.74, 6) is -0.280. The average molecular weight is 564 g/mol. The molecule has 34 heavy (non-hydrogen) atoms. The number of esters is 1. The molecule has 0 saturated heterocycles. The van der Waals surface area contributed by atoms with Crippen molar-refractivity contribution in [2.45, 2.75) is 143 Å². The Bertz CT molecular complexity index is 451. The summed E-state index contributed by atoms with van der Waals surface area (Å²) in [5, 5.41) is -1.99. The van der Waals surface area contributed by atoms with E-state index in [1.165, 1.54) is 146 Å². The molecular weight excluding hydrogens is 503 g/mol. The first-order valence-electron chi connectivity index (χ1n) is 14.9. The van der Waals surface area contributed by atoms with Crippen LogP contribution in [0.5, 0.6) is 0 Å². The Labute approximate surface area is 222 Å². The van der Waals surface area contributed by atoms with Gasteiger partial charge in [-0.1, -0.05) is 0 Å². The number of hydrogen-bond acceptors (Lipinski definition) is 2. The zero-order valence-corrected chi connectivity index (χ0v) is 25.9. The van der Waals surface area contributed by atoms with Crippen LogP contribution in [-0.2, 0) is 9.53 Å². The molecule has 0 fully saturated rings. The van der Waals surface area contributed by atoms with Crippen LogP contribution < -0.4 is 0 Å². The summed E-state index contributed by atoms with van der Waals surface area (Å²) in [6, 6.07) is 0. The van der Waals surface area contributed by atoms with Gasteiger partial charge in [0.15, 0.2) is 0 Å². The van der Waals surface area contributed by atoms with Crippen molar-refractivity contribution in [1.82, 2.24) is 0 Å². The predicted octanol–water partition coefficient (Wildman–Crippen LogP) is 11.1. The van der Waals surface area contributed by atoms with E-state index >= 15 is 0 Å². The van der Waals surface area contributed by atoms with Crippen molar-refractivity contribution in [3.63, 3.8) is 0 Å². The van der Waals surface area contributed by atoms with Gasteiger partial charge in [-0.2, -0.15) is 0 Å². The topological polar surface area (TPSA) is 26.3 Å². The van der Waals surface area contributed by atoms with Crippen LogP contribution in [0.3, 0.4) is 0 Å². The third-order valence-corrected chi connectivity index (χ3v) is 17.5. The van der Waals surface area contributed by atoms with Gasteiger partial charge in [0.1, 0.15) is 0 Å². The van der Waals surface area contributed by atoms with Crippen LogP contribution >= 0.6 is 20.8 Å². The van der Waals surface area contributed by atoms with Crippen LogP contribution in [0.4, 0.5) is 0 Å². The molecule has 0 aliphatic carbocycles. The second-order valence-electron chi connectivity index (χ2n) is 10.7. The van der Waals surface area contributed by atoms with Crippen LogP contribution in [0.2, 0.25) is 0 Å². The standard InChI is InChI=1S/C30H60BrO2P/c1-5-9-12-15-18-21-26-34(31,27-22-19-16-13-10-6-2,28-23-20-17-14-11-7-3)29-24-25-33-30(32)8-4/h8H,4-7,9-29H2,1-3H3. The maximum atomic E-state index is 11.6. The number of ether oxygens (including phenoxy) is 1. The second kappa shape index (κ2) is 22.3. The van der Waals surface area contributed by atoms with Crippen LogP contribution in [0.1, 0.15) is 143 Å². The van der Waals surface area contributed by atoms with Gasteiger partial charge in [0.05, 0.1) is 0 Å². The summed E-state index contributed by atoms with van der Waals surface area (Å²) in [5.41, 5.74) is 0. The zero-order chi connectivity index (χ0) is 25.4. The SMILES string of the molecule is C=CC(=O)OCCCP(Br)(CCCCCCCC)(CCCCCCCC)CCCCCCCC. The molecule has 0 aromatic heterocycles. The summed E-state index contributed by atoms with van der Waals surface area (Å²) >= 11 is 4.60. The summed E-state index contributed by atoms with van der Waals surface area (Å²) < 4.78 is 5.38. The molecular formula is C30H60BrO2P. The molecule has 0 aliphatic heterocycles. The van der Waals surface area contributed by atoms with Gasteiger partial charge < -0.3 is 0 Å². The minimum atomic E-state index is -1.99. The summed E-state index contributed by atoms with van der Waals surface area (Å²) in [4.78, 5) is 11.6. The molecule has 0 rings (SSSR count). The average Bonchev–Trinajstić information content (AvgIpc) is 2.84. The zero-order valence-electron chi connectivity index (χ0n) is 23.4. The van der Waals surface area contributed by atoms with Gasteiger partial charge in [-0.15, -0.1) is 0 Å². The quantitative estimate of drug-likeness (QED) is 0.0453. The third-order valence-electron chi connectivity index (χ3n) is 7.48. The normalized spacial score (nSPS) is 12.9. The van der Waals surface area contributed by atoms with Crippen molar-refractivity contribution >= 4 is 26.8 Å². The fourth-order valence-electron chi connectivity index (χ4n) is 5.22.